The maximum atomic E-state index is 13.2. The van der Waals surface area contributed by atoms with Crippen molar-refractivity contribution in [1.82, 2.24) is 4.90 Å². The highest BCUT2D eigenvalue weighted by Crippen LogP contribution is 2.39. The van der Waals surface area contributed by atoms with Crippen LogP contribution >= 0.6 is 0 Å². The molecule has 0 unspecified atom stereocenters. The SMILES string of the molecule is CN(C)CCCc1c(N)c(CCO)c(N)c2c1C(=O)c1ccccc1C2=O. The smallest absolute Gasteiger partial charge is 0.196 e. The highest BCUT2D eigenvalue weighted by atomic mass is 16.3. The standard InChI is InChI=1S/C21H25N3O3/c1-24(2)10-5-8-14-16-17(19(23)15(9-11-25)18(14)22)21(27)13-7-4-3-6-12(13)20(16)26/h3-4,6-7,25H,5,8-11,22-23H2,1-2H3. The molecule has 6 nitrogen and oxygen atoms in total. The first kappa shape index (κ1) is 19.1. The maximum Gasteiger partial charge on any atom is 0.196 e. The average molecular weight is 367 g/mol. The lowest BCUT2D eigenvalue weighted by molar-refractivity contribution is 0.0979. The number of nitrogen functional groups attached to an aromatic ring is 2. The van der Waals surface area contributed by atoms with E-state index in [9.17, 15) is 14.7 Å². The van der Waals surface area contributed by atoms with Gasteiger partial charge in [0.05, 0.1) is 5.56 Å². The lowest BCUT2D eigenvalue weighted by atomic mass is 9.78. The minimum absolute atomic E-state index is 0.136. The molecule has 0 saturated heterocycles. The van der Waals surface area contributed by atoms with E-state index < -0.39 is 0 Å². The highest BCUT2D eigenvalue weighted by molar-refractivity contribution is 6.31. The van der Waals surface area contributed by atoms with Gasteiger partial charge in [-0.2, -0.15) is 0 Å². The zero-order valence-corrected chi connectivity index (χ0v) is 15.7. The van der Waals surface area contributed by atoms with Crippen LogP contribution in [0.2, 0.25) is 0 Å². The third-order valence-electron chi connectivity index (χ3n) is 5.06. The Kier molecular flexibility index (Phi) is 5.30. The zero-order valence-electron chi connectivity index (χ0n) is 15.7. The van der Waals surface area contributed by atoms with Crippen LogP contribution in [0, 0.1) is 0 Å². The molecule has 1 aliphatic rings. The molecule has 27 heavy (non-hydrogen) atoms. The van der Waals surface area contributed by atoms with Gasteiger partial charge in [0, 0.05) is 40.2 Å². The molecule has 5 N–H and O–H groups in total. The van der Waals surface area contributed by atoms with Crippen LogP contribution in [0.5, 0.6) is 0 Å². The summed E-state index contributed by atoms with van der Waals surface area (Å²) in [7, 11) is 3.95. The third kappa shape index (κ3) is 3.22. The van der Waals surface area contributed by atoms with Crippen molar-refractivity contribution < 1.29 is 14.7 Å². The Hall–Kier alpha value is -2.70. The molecule has 3 rings (SSSR count). The monoisotopic (exact) mass is 367 g/mol. The number of nitrogens with two attached hydrogens (primary N) is 2. The largest absolute Gasteiger partial charge is 0.398 e. The van der Waals surface area contributed by atoms with Crippen molar-refractivity contribution in [2.45, 2.75) is 19.3 Å². The van der Waals surface area contributed by atoms with Gasteiger partial charge in [0.2, 0.25) is 0 Å². The van der Waals surface area contributed by atoms with Gasteiger partial charge in [0.15, 0.2) is 11.6 Å². The van der Waals surface area contributed by atoms with E-state index in [1.165, 1.54) is 0 Å². The first-order valence-electron chi connectivity index (χ1n) is 9.05. The minimum Gasteiger partial charge on any atom is -0.398 e. The molecular formula is C21H25N3O3. The number of carbonyl (C=O) groups is 2. The molecule has 0 radical (unpaired) electrons. The highest BCUT2D eigenvalue weighted by Gasteiger charge is 2.35. The Morgan fingerprint density at radius 2 is 1.48 bits per heavy atom. The summed E-state index contributed by atoms with van der Waals surface area (Å²) < 4.78 is 0. The predicted octanol–water partition coefficient (Wildman–Crippen LogP) is 1.66. The second kappa shape index (κ2) is 7.50. The molecule has 2 aromatic carbocycles. The summed E-state index contributed by atoms with van der Waals surface area (Å²) in [6, 6.07) is 6.78. The Morgan fingerprint density at radius 3 is 2.04 bits per heavy atom. The van der Waals surface area contributed by atoms with Crippen molar-refractivity contribution in [3.8, 4) is 0 Å². The number of rotatable bonds is 6. The lowest BCUT2D eigenvalue weighted by Gasteiger charge is -2.26. The van der Waals surface area contributed by atoms with Crippen LogP contribution in [0.4, 0.5) is 11.4 Å². The molecule has 0 atom stereocenters. The van der Waals surface area contributed by atoms with Crippen molar-refractivity contribution in [1.29, 1.82) is 0 Å². The summed E-state index contributed by atoms with van der Waals surface area (Å²) in [5.41, 5.74) is 15.8. The summed E-state index contributed by atoms with van der Waals surface area (Å²) in [6.07, 6.45) is 1.59. The molecule has 2 aromatic rings. The number of hydrogen-bond acceptors (Lipinski definition) is 6. The molecule has 0 amide bonds. The molecule has 1 aliphatic carbocycles. The molecule has 6 heteroatoms. The minimum atomic E-state index is -0.259. The quantitative estimate of drug-likeness (QED) is 0.572. The summed E-state index contributed by atoms with van der Waals surface area (Å²) in [5.74, 6) is -0.472. The van der Waals surface area contributed by atoms with E-state index in [-0.39, 0.29) is 35.8 Å². The Morgan fingerprint density at radius 1 is 0.889 bits per heavy atom. The van der Waals surface area contributed by atoms with E-state index in [2.05, 4.69) is 4.90 Å². The zero-order chi connectivity index (χ0) is 19.7. The average Bonchev–Trinajstić information content (AvgIpc) is 2.64. The summed E-state index contributed by atoms with van der Waals surface area (Å²) in [6.45, 7) is 0.690. The van der Waals surface area contributed by atoms with E-state index in [0.717, 1.165) is 13.0 Å². The number of fused-ring (bicyclic) bond motifs is 2. The van der Waals surface area contributed by atoms with Gasteiger partial charge in [-0.05, 0) is 45.5 Å². The molecular weight excluding hydrogens is 342 g/mol. The van der Waals surface area contributed by atoms with Gasteiger partial charge in [-0.1, -0.05) is 24.3 Å². The number of anilines is 2. The van der Waals surface area contributed by atoms with Crippen molar-refractivity contribution in [3.63, 3.8) is 0 Å². The van der Waals surface area contributed by atoms with Crippen LogP contribution < -0.4 is 11.5 Å². The van der Waals surface area contributed by atoms with Gasteiger partial charge in [-0.3, -0.25) is 9.59 Å². The van der Waals surface area contributed by atoms with Crippen molar-refractivity contribution in [2.75, 3.05) is 38.7 Å². The van der Waals surface area contributed by atoms with Gasteiger partial charge in [-0.25, -0.2) is 0 Å². The fourth-order valence-corrected chi connectivity index (χ4v) is 3.75. The molecule has 0 bridgehead atoms. The van der Waals surface area contributed by atoms with Crippen molar-refractivity contribution in [3.05, 3.63) is 57.6 Å². The van der Waals surface area contributed by atoms with Crippen LogP contribution in [-0.4, -0.2) is 48.8 Å². The van der Waals surface area contributed by atoms with Gasteiger partial charge in [-0.15, -0.1) is 0 Å². The van der Waals surface area contributed by atoms with Crippen molar-refractivity contribution >= 4 is 22.9 Å². The number of ketones is 2. The molecule has 0 spiro atoms. The number of nitrogens with zero attached hydrogens (tertiary/aromatic N) is 1. The van der Waals surface area contributed by atoms with Gasteiger partial charge in [0.1, 0.15) is 0 Å². The van der Waals surface area contributed by atoms with Crippen LogP contribution in [0.1, 0.15) is 49.4 Å². The van der Waals surface area contributed by atoms with Crippen LogP contribution in [0.3, 0.4) is 0 Å². The number of benzene rings is 2. The van der Waals surface area contributed by atoms with E-state index in [0.29, 0.717) is 39.9 Å². The molecule has 0 aliphatic heterocycles. The molecule has 0 heterocycles. The third-order valence-corrected chi connectivity index (χ3v) is 5.06. The molecule has 0 fully saturated rings. The van der Waals surface area contributed by atoms with Gasteiger partial charge < -0.3 is 21.5 Å². The Labute approximate surface area is 158 Å². The van der Waals surface area contributed by atoms with Crippen LogP contribution in [0.15, 0.2) is 24.3 Å². The Bertz CT molecular complexity index is 919. The second-order valence-electron chi connectivity index (χ2n) is 7.12. The molecule has 0 aromatic heterocycles. The fourth-order valence-electron chi connectivity index (χ4n) is 3.75. The van der Waals surface area contributed by atoms with Crippen LogP contribution in [0.25, 0.3) is 0 Å². The summed E-state index contributed by atoms with van der Waals surface area (Å²) in [4.78, 5) is 28.4. The maximum absolute atomic E-state index is 13.2. The van der Waals surface area contributed by atoms with Gasteiger partial charge >= 0.3 is 0 Å². The number of aliphatic hydroxyl groups is 1. The van der Waals surface area contributed by atoms with E-state index in [4.69, 9.17) is 11.5 Å². The van der Waals surface area contributed by atoms with E-state index >= 15 is 0 Å². The first-order valence-corrected chi connectivity index (χ1v) is 9.05. The number of carbonyl (C=O) groups excluding carboxylic acids is 2. The van der Waals surface area contributed by atoms with E-state index in [1.54, 1.807) is 24.3 Å². The Balaban J connectivity index is 2.23. The summed E-state index contributed by atoms with van der Waals surface area (Å²) >= 11 is 0. The topological polar surface area (TPSA) is 110 Å². The van der Waals surface area contributed by atoms with Crippen molar-refractivity contribution in [2.24, 2.45) is 0 Å². The van der Waals surface area contributed by atoms with Gasteiger partial charge in [0.25, 0.3) is 0 Å². The molecule has 0 saturated carbocycles. The van der Waals surface area contributed by atoms with Crippen LogP contribution in [-0.2, 0) is 12.8 Å². The molecule has 142 valence electrons. The fraction of sp³-hybridized carbons (Fsp3) is 0.333. The second-order valence-corrected chi connectivity index (χ2v) is 7.12. The first-order chi connectivity index (χ1) is 12.9. The number of hydrogen-bond donors (Lipinski definition) is 3. The lowest BCUT2D eigenvalue weighted by Crippen LogP contribution is -2.26. The normalized spacial score (nSPS) is 13.0. The number of aliphatic hydroxyl groups excluding tert-OH is 1. The summed E-state index contributed by atoms with van der Waals surface area (Å²) in [5, 5.41) is 9.42. The predicted molar refractivity (Wildman–Crippen MR) is 106 cm³/mol. The van der Waals surface area contributed by atoms with E-state index in [1.807, 2.05) is 14.1 Å².